The lowest BCUT2D eigenvalue weighted by molar-refractivity contribution is -0.137. The van der Waals surface area contributed by atoms with Crippen LogP contribution in [-0.4, -0.2) is 33.0 Å². The van der Waals surface area contributed by atoms with Gasteiger partial charge in [0, 0.05) is 12.2 Å². The molecule has 0 aliphatic rings. The fourth-order valence-corrected chi connectivity index (χ4v) is 4.23. The van der Waals surface area contributed by atoms with E-state index in [-0.39, 0.29) is 11.6 Å². The number of nitrogens with zero attached hydrogens (tertiary/aromatic N) is 3. The molecule has 1 N–H and O–H groups in total. The third kappa shape index (κ3) is 7.16. The minimum Gasteiger partial charge on any atom is -0.497 e. The Labute approximate surface area is 212 Å². The van der Waals surface area contributed by atoms with Gasteiger partial charge in [-0.1, -0.05) is 31.7 Å². The SMILES string of the molecule is COc1ccc(OC(C)c2nnc(SC(C)C(=O)Nc3cccc(C(F)(F)F)c3)n2CC(C)C)cc1. The van der Waals surface area contributed by atoms with Gasteiger partial charge in [-0.25, -0.2) is 0 Å². The van der Waals surface area contributed by atoms with E-state index in [0.717, 1.165) is 12.1 Å². The van der Waals surface area contributed by atoms with Crippen LogP contribution in [0.4, 0.5) is 18.9 Å². The summed E-state index contributed by atoms with van der Waals surface area (Å²) in [6.45, 7) is 8.24. The Balaban J connectivity index is 1.74. The number of nitrogens with one attached hydrogen (secondary N) is 1. The van der Waals surface area contributed by atoms with Gasteiger partial charge in [0.05, 0.1) is 17.9 Å². The lowest BCUT2D eigenvalue weighted by atomic mass is 10.2. The summed E-state index contributed by atoms with van der Waals surface area (Å²) in [5, 5.41) is 11.0. The lowest BCUT2D eigenvalue weighted by Gasteiger charge is -2.19. The number of halogens is 3. The molecular formula is C25H29F3N4O3S. The van der Waals surface area contributed by atoms with Crippen molar-refractivity contribution >= 4 is 23.4 Å². The highest BCUT2D eigenvalue weighted by Gasteiger charge is 2.31. The standard InChI is InChI=1S/C25H29F3N4O3S/c1-15(2)14-32-22(16(3)35-21-11-9-20(34-5)10-12-21)30-31-24(32)36-17(4)23(33)29-19-8-6-7-18(13-19)25(26,27)28/h6-13,15-17H,14H2,1-5H3,(H,29,33). The third-order valence-electron chi connectivity index (χ3n) is 5.14. The quantitative estimate of drug-likeness (QED) is 0.319. The average molecular weight is 523 g/mol. The zero-order valence-corrected chi connectivity index (χ0v) is 21.5. The Bertz CT molecular complexity index is 1170. The molecule has 3 rings (SSSR count). The van der Waals surface area contributed by atoms with Crippen molar-refractivity contribution in [3.8, 4) is 11.5 Å². The van der Waals surface area contributed by atoms with Gasteiger partial charge in [0.25, 0.3) is 0 Å². The van der Waals surface area contributed by atoms with Crippen LogP contribution in [0.3, 0.4) is 0 Å². The number of carbonyl (C=O) groups is 1. The second-order valence-electron chi connectivity index (χ2n) is 8.61. The first-order valence-corrected chi connectivity index (χ1v) is 12.2. The molecule has 0 radical (unpaired) electrons. The van der Waals surface area contributed by atoms with E-state index in [4.69, 9.17) is 9.47 Å². The van der Waals surface area contributed by atoms with E-state index in [1.54, 1.807) is 38.3 Å². The van der Waals surface area contributed by atoms with Crippen molar-refractivity contribution in [3.05, 3.63) is 59.9 Å². The molecule has 1 heterocycles. The number of alkyl halides is 3. The van der Waals surface area contributed by atoms with E-state index >= 15 is 0 Å². The van der Waals surface area contributed by atoms with Crippen LogP contribution in [0, 0.1) is 5.92 Å². The van der Waals surface area contributed by atoms with Crippen LogP contribution in [0.1, 0.15) is 45.2 Å². The van der Waals surface area contributed by atoms with Crippen LogP contribution >= 0.6 is 11.8 Å². The van der Waals surface area contributed by atoms with Crippen molar-refractivity contribution in [1.82, 2.24) is 14.8 Å². The molecule has 0 aliphatic carbocycles. The predicted molar refractivity (Wildman–Crippen MR) is 132 cm³/mol. The van der Waals surface area contributed by atoms with Crippen LogP contribution in [0.15, 0.2) is 53.7 Å². The van der Waals surface area contributed by atoms with Gasteiger partial charge in [-0.2, -0.15) is 13.2 Å². The molecule has 2 atom stereocenters. The number of methoxy groups -OCH3 is 1. The molecule has 2 unspecified atom stereocenters. The lowest BCUT2D eigenvalue weighted by Crippen LogP contribution is -2.23. The van der Waals surface area contributed by atoms with Gasteiger partial charge in [-0.05, 0) is 62.2 Å². The normalized spacial score (nSPS) is 13.4. The summed E-state index contributed by atoms with van der Waals surface area (Å²) < 4.78 is 52.1. The molecule has 11 heteroatoms. The molecule has 0 fully saturated rings. The number of carbonyl (C=O) groups excluding carboxylic acids is 1. The molecule has 3 aromatic rings. The van der Waals surface area contributed by atoms with Crippen LogP contribution in [0.5, 0.6) is 11.5 Å². The molecule has 1 amide bonds. The van der Waals surface area contributed by atoms with Crippen molar-refractivity contribution in [2.24, 2.45) is 5.92 Å². The summed E-state index contributed by atoms with van der Waals surface area (Å²) in [7, 11) is 1.59. The molecule has 7 nitrogen and oxygen atoms in total. The molecule has 2 aromatic carbocycles. The third-order valence-corrected chi connectivity index (χ3v) is 6.22. The minimum absolute atomic E-state index is 0.0770. The number of benzene rings is 2. The molecule has 194 valence electrons. The van der Waals surface area contributed by atoms with Gasteiger partial charge in [0.1, 0.15) is 11.5 Å². The van der Waals surface area contributed by atoms with E-state index in [1.165, 1.54) is 23.9 Å². The second-order valence-corrected chi connectivity index (χ2v) is 9.92. The monoisotopic (exact) mass is 522 g/mol. The van der Waals surface area contributed by atoms with Gasteiger partial charge in [0.2, 0.25) is 5.91 Å². The maximum absolute atomic E-state index is 13.0. The highest BCUT2D eigenvalue weighted by Crippen LogP contribution is 2.32. The zero-order valence-electron chi connectivity index (χ0n) is 20.7. The summed E-state index contributed by atoms with van der Waals surface area (Å²) in [6, 6.07) is 11.7. The van der Waals surface area contributed by atoms with Gasteiger partial charge in [0.15, 0.2) is 17.1 Å². The predicted octanol–water partition coefficient (Wildman–Crippen LogP) is 6.22. The summed E-state index contributed by atoms with van der Waals surface area (Å²) in [5.41, 5.74) is -0.749. The molecule has 0 aliphatic heterocycles. The van der Waals surface area contributed by atoms with Crippen molar-refractivity contribution in [3.63, 3.8) is 0 Å². The van der Waals surface area contributed by atoms with Crippen molar-refractivity contribution in [1.29, 1.82) is 0 Å². The van der Waals surface area contributed by atoms with Gasteiger partial charge >= 0.3 is 6.18 Å². The number of hydrogen-bond acceptors (Lipinski definition) is 6. The first-order valence-electron chi connectivity index (χ1n) is 11.4. The summed E-state index contributed by atoms with van der Waals surface area (Å²) in [4.78, 5) is 12.7. The molecule has 0 saturated heterocycles. The van der Waals surface area contributed by atoms with Crippen molar-refractivity contribution < 1.29 is 27.4 Å². The van der Waals surface area contributed by atoms with E-state index < -0.39 is 29.0 Å². The first-order chi connectivity index (χ1) is 17.0. The topological polar surface area (TPSA) is 78.3 Å². The number of anilines is 1. The average Bonchev–Trinajstić information content (AvgIpc) is 3.20. The Morgan fingerprint density at radius 3 is 2.33 bits per heavy atom. The van der Waals surface area contributed by atoms with Crippen molar-refractivity contribution in [2.45, 2.75) is 56.9 Å². The van der Waals surface area contributed by atoms with Crippen LogP contribution in [-0.2, 0) is 17.5 Å². The molecule has 0 saturated carbocycles. The Kier molecular flexibility index (Phi) is 8.89. The minimum atomic E-state index is -4.49. The Hall–Kier alpha value is -3.21. The number of hydrogen-bond donors (Lipinski definition) is 1. The molecule has 1 aromatic heterocycles. The summed E-state index contributed by atoms with van der Waals surface area (Å²) in [5.74, 6) is 1.79. The molecule has 0 bridgehead atoms. The van der Waals surface area contributed by atoms with Gasteiger partial charge in [-0.3, -0.25) is 4.79 Å². The van der Waals surface area contributed by atoms with E-state index in [2.05, 4.69) is 29.4 Å². The first kappa shape index (κ1) is 27.4. The largest absolute Gasteiger partial charge is 0.497 e. The molecular weight excluding hydrogens is 493 g/mol. The highest BCUT2D eigenvalue weighted by molar-refractivity contribution is 8.00. The number of aromatic nitrogens is 3. The van der Waals surface area contributed by atoms with Gasteiger partial charge < -0.3 is 19.4 Å². The molecule has 36 heavy (non-hydrogen) atoms. The van der Waals surface area contributed by atoms with Crippen LogP contribution in [0.25, 0.3) is 0 Å². The van der Waals surface area contributed by atoms with Gasteiger partial charge in [-0.15, -0.1) is 10.2 Å². The number of thioether (sulfide) groups is 1. The maximum Gasteiger partial charge on any atom is 0.416 e. The Morgan fingerprint density at radius 1 is 1.06 bits per heavy atom. The highest BCUT2D eigenvalue weighted by atomic mass is 32.2. The summed E-state index contributed by atoms with van der Waals surface area (Å²) in [6.07, 6.45) is -4.91. The molecule has 0 spiro atoms. The summed E-state index contributed by atoms with van der Waals surface area (Å²) >= 11 is 1.18. The van der Waals surface area contributed by atoms with Crippen LogP contribution < -0.4 is 14.8 Å². The van der Waals surface area contributed by atoms with E-state index in [9.17, 15) is 18.0 Å². The zero-order chi connectivity index (χ0) is 26.5. The van der Waals surface area contributed by atoms with Crippen molar-refractivity contribution in [2.75, 3.05) is 12.4 Å². The number of ether oxygens (including phenoxy) is 2. The van der Waals surface area contributed by atoms with E-state index in [0.29, 0.717) is 29.0 Å². The smallest absolute Gasteiger partial charge is 0.416 e. The Morgan fingerprint density at radius 2 is 1.72 bits per heavy atom. The fraction of sp³-hybridized carbons (Fsp3) is 0.400. The second kappa shape index (κ2) is 11.7. The maximum atomic E-state index is 13.0. The van der Waals surface area contributed by atoms with E-state index in [1.807, 2.05) is 11.5 Å². The number of amides is 1. The number of rotatable bonds is 10. The fourth-order valence-electron chi connectivity index (χ4n) is 3.36. The van der Waals surface area contributed by atoms with Crippen LogP contribution in [0.2, 0.25) is 0 Å².